The first-order chi connectivity index (χ1) is 9.35. The Balaban J connectivity index is 2.20. The van der Waals surface area contributed by atoms with Crippen LogP contribution in [0.4, 0.5) is 5.82 Å². The van der Waals surface area contributed by atoms with E-state index in [2.05, 4.69) is 28.9 Å². The third kappa shape index (κ3) is 3.07. The Labute approximate surface area is 125 Å². The van der Waals surface area contributed by atoms with Crippen LogP contribution in [0.3, 0.4) is 0 Å². The molecule has 1 aliphatic carbocycles. The number of aromatic nitrogens is 1. The van der Waals surface area contributed by atoms with E-state index in [0.29, 0.717) is 22.7 Å². The predicted molar refractivity (Wildman–Crippen MR) is 80.5 cm³/mol. The first-order valence-corrected chi connectivity index (χ1v) is 8.57. The van der Waals surface area contributed by atoms with Crippen LogP contribution in [0.15, 0.2) is 17.2 Å². The Hall–Kier alpha value is -0.850. The summed E-state index contributed by atoms with van der Waals surface area (Å²) in [4.78, 5) is 4.11. The van der Waals surface area contributed by atoms with Gasteiger partial charge in [0.2, 0.25) is 10.0 Å². The van der Waals surface area contributed by atoms with E-state index in [-0.39, 0.29) is 10.9 Å². The van der Waals surface area contributed by atoms with Gasteiger partial charge in [0.25, 0.3) is 0 Å². The van der Waals surface area contributed by atoms with Gasteiger partial charge in [-0.2, -0.15) is 0 Å². The fraction of sp³-hybridized carbons (Fsp3) is 0.615. The minimum atomic E-state index is -3.57. The van der Waals surface area contributed by atoms with Crippen LogP contribution < -0.4 is 10.0 Å². The fourth-order valence-electron chi connectivity index (χ4n) is 2.55. The predicted octanol–water partition coefficient (Wildman–Crippen LogP) is 2.49. The maximum absolute atomic E-state index is 12.4. The molecule has 3 unspecified atom stereocenters. The first-order valence-electron chi connectivity index (χ1n) is 6.70. The van der Waals surface area contributed by atoms with Crippen LogP contribution in [0.2, 0.25) is 5.02 Å². The molecule has 1 aromatic rings. The molecule has 1 saturated carbocycles. The van der Waals surface area contributed by atoms with Crippen molar-refractivity contribution in [3.05, 3.63) is 17.3 Å². The summed E-state index contributed by atoms with van der Waals surface area (Å²) in [5, 5.41) is 3.10. The Morgan fingerprint density at radius 3 is 2.55 bits per heavy atom. The largest absolute Gasteiger partial charge is 0.372 e. The molecular formula is C13H20ClN3O2S. The highest BCUT2D eigenvalue weighted by Crippen LogP contribution is 2.32. The van der Waals surface area contributed by atoms with E-state index in [1.54, 1.807) is 7.05 Å². The van der Waals surface area contributed by atoms with E-state index in [0.717, 1.165) is 12.8 Å². The molecule has 0 bridgehead atoms. The average Bonchev–Trinajstić information content (AvgIpc) is 2.70. The van der Waals surface area contributed by atoms with Gasteiger partial charge in [-0.1, -0.05) is 25.4 Å². The molecule has 0 saturated heterocycles. The number of sulfonamides is 1. The molecule has 3 atom stereocenters. The zero-order valence-corrected chi connectivity index (χ0v) is 13.4. The minimum absolute atomic E-state index is 0.0160. The second kappa shape index (κ2) is 5.87. The quantitative estimate of drug-likeness (QED) is 0.895. The van der Waals surface area contributed by atoms with Crippen molar-refractivity contribution in [1.82, 2.24) is 9.71 Å². The van der Waals surface area contributed by atoms with Crippen LogP contribution in [0, 0.1) is 11.8 Å². The van der Waals surface area contributed by atoms with Crippen molar-refractivity contribution < 1.29 is 8.42 Å². The normalized spacial score (nSPS) is 26.7. The number of pyridine rings is 1. The molecule has 1 fully saturated rings. The number of halogens is 1. The molecule has 1 aliphatic rings. The number of hydrogen-bond donors (Lipinski definition) is 2. The van der Waals surface area contributed by atoms with Gasteiger partial charge in [0, 0.05) is 19.3 Å². The Morgan fingerprint density at radius 2 is 2.05 bits per heavy atom. The van der Waals surface area contributed by atoms with Crippen LogP contribution >= 0.6 is 11.6 Å². The van der Waals surface area contributed by atoms with Crippen LogP contribution in [-0.4, -0.2) is 26.5 Å². The molecule has 20 heavy (non-hydrogen) atoms. The molecule has 112 valence electrons. The van der Waals surface area contributed by atoms with Crippen LogP contribution in [0.25, 0.3) is 0 Å². The van der Waals surface area contributed by atoms with E-state index in [9.17, 15) is 8.42 Å². The minimum Gasteiger partial charge on any atom is -0.372 e. The average molecular weight is 318 g/mol. The molecule has 0 radical (unpaired) electrons. The second-order valence-corrected chi connectivity index (χ2v) is 7.51. The summed E-state index contributed by atoms with van der Waals surface area (Å²) >= 11 is 5.99. The second-order valence-electron chi connectivity index (χ2n) is 5.39. The first kappa shape index (κ1) is 15.5. The number of nitrogens with zero attached hydrogens (tertiary/aromatic N) is 1. The fourth-order valence-corrected chi connectivity index (χ4v) is 4.21. The molecule has 2 rings (SSSR count). The zero-order valence-electron chi connectivity index (χ0n) is 11.9. The standard InChI is InChI=1S/C13H20ClN3O2S/c1-8-4-5-12(9(8)2)17-20(18,19)10-6-11(14)13(15-3)16-7-10/h6-9,12,17H,4-5H2,1-3H3,(H,15,16). The molecular weight excluding hydrogens is 298 g/mol. The van der Waals surface area contributed by atoms with Gasteiger partial charge in [-0.25, -0.2) is 18.1 Å². The van der Waals surface area contributed by atoms with Gasteiger partial charge in [0.1, 0.15) is 10.7 Å². The van der Waals surface area contributed by atoms with E-state index in [1.165, 1.54) is 12.3 Å². The molecule has 1 aromatic heterocycles. The third-order valence-electron chi connectivity index (χ3n) is 4.13. The van der Waals surface area contributed by atoms with Gasteiger partial charge in [0.05, 0.1) is 5.02 Å². The van der Waals surface area contributed by atoms with E-state index in [4.69, 9.17) is 11.6 Å². The number of rotatable bonds is 4. The van der Waals surface area contributed by atoms with Gasteiger partial charge in [-0.15, -0.1) is 0 Å². The number of anilines is 1. The lowest BCUT2D eigenvalue weighted by molar-refractivity contribution is 0.402. The summed E-state index contributed by atoms with van der Waals surface area (Å²) in [6, 6.07) is 1.41. The lowest BCUT2D eigenvalue weighted by Gasteiger charge is -2.19. The highest BCUT2D eigenvalue weighted by molar-refractivity contribution is 7.89. The summed E-state index contributed by atoms with van der Waals surface area (Å²) < 4.78 is 27.5. The Bertz CT molecular complexity index is 591. The summed E-state index contributed by atoms with van der Waals surface area (Å²) in [6.07, 6.45) is 3.24. The van der Waals surface area contributed by atoms with E-state index < -0.39 is 10.0 Å². The van der Waals surface area contributed by atoms with Gasteiger partial charge >= 0.3 is 0 Å². The summed E-state index contributed by atoms with van der Waals surface area (Å²) in [6.45, 7) is 4.24. The molecule has 0 aromatic carbocycles. The van der Waals surface area contributed by atoms with Crippen molar-refractivity contribution in [2.24, 2.45) is 11.8 Å². The molecule has 0 spiro atoms. The number of hydrogen-bond acceptors (Lipinski definition) is 4. The van der Waals surface area contributed by atoms with Crippen LogP contribution in [0.5, 0.6) is 0 Å². The van der Waals surface area contributed by atoms with Crippen LogP contribution in [-0.2, 0) is 10.0 Å². The van der Waals surface area contributed by atoms with E-state index in [1.807, 2.05) is 0 Å². The lowest BCUT2D eigenvalue weighted by Crippen LogP contribution is -2.37. The summed E-state index contributed by atoms with van der Waals surface area (Å²) in [7, 11) is -1.89. The molecule has 0 amide bonds. The van der Waals surface area contributed by atoms with Crippen molar-refractivity contribution in [3.63, 3.8) is 0 Å². The smallest absolute Gasteiger partial charge is 0.242 e. The Kier molecular flexibility index (Phi) is 4.56. The number of nitrogens with one attached hydrogen (secondary N) is 2. The van der Waals surface area contributed by atoms with Crippen molar-refractivity contribution in [2.75, 3.05) is 12.4 Å². The Morgan fingerprint density at radius 1 is 1.35 bits per heavy atom. The molecule has 7 heteroatoms. The molecule has 2 N–H and O–H groups in total. The van der Waals surface area contributed by atoms with E-state index >= 15 is 0 Å². The van der Waals surface area contributed by atoms with Crippen molar-refractivity contribution in [3.8, 4) is 0 Å². The third-order valence-corrected chi connectivity index (χ3v) is 5.88. The van der Waals surface area contributed by atoms with Gasteiger partial charge in [0.15, 0.2) is 0 Å². The maximum atomic E-state index is 12.4. The topological polar surface area (TPSA) is 71.1 Å². The van der Waals surface area contributed by atoms with Crippen molar-refractivity contribution in [2.45, 2.75) is 37.6 Å². The molecule has 5 nitrogen and oxygen atoms in total. The molecule has 1 heterocycles. The van der Waals surface area contributed by atoms with Gasteiger partial charge in [-0.3, -0.25) is 0 Å². The highest BCUT2D eigenvalue weighted by Gasteiger charge is 2.33. The SMILES string of the molecule is CNc1ncc(S(=O)(=O)NC2CCC(C)C2C)cc1Cl. The summed E-state index contributed by atoms with van der Waals surface area (Å²) in [5.41, 5.74) is 0. The monoisotopic (exact) mass is 317 g/mol. The lowest BCUT2D eigenvalue weighted by atomic mass is 9.98. The summed E-state index contributed by atoms with van der Waals surface area (Å²) in [5.74, 6) is 1.34. The zero-order chi connectivity index (χ0) is 14.9. The van der Waals surface area contributed by atoms with Gasteiger partial charge in [-0.05, 0) is 30.7 Å². The van der Waals surface area contributed by atoms with Gasteiger partial charge < -0.3 is 5.32 Å². The van der Waals surface area contributed by atoms with Crippen molar-refractivity contribution in [1.29, 1.82) is 0 Å². The molecule has 0 aliphatic heterocycles. The van der Waals surface area contributed by atoms with Crippen LogP contribution in [0.1, 0.15) is 26.7 Å². The highest BCUT2D eigenvalue weighted by atomic mass is 35.5. The maximum Gasteiger partial charge on any atom is 0.242 e. The van der Waals surface area contributed by atoms with Crippen molar-refractivity contribution >= 4 is 27.4 Å².